The van der Waals surface area contributed by atoms with E-state index in [4.69, 9.17) is 9.84 Å². The molecule has 0 saturated carbocycles. The molecular formula is C13H23N3O5. The molecule has 120 valence electrons. The number of ether oxygens (including phenoxy) is 1. The number of amides is 2. The fourth-order valence-corrected chi connectivity index (χ4v) is 2.13. The van der Waals surface area contributed by atoms with Gasteiger partial charge in [0.25, 0.3) is 0 Å². The topological polar surface area (TPSA) is 99.2 Å². The maximum Gasteiger partial charge on any atom is 0.328 e. The largest absolute Gasteiger partial charge is 0.480 e. The summed E-state index contributed by atoms with van der Waals surface area (Å²) in [6.07, 6.45) is 0.703. The number of nitrogens with one attached hydrogen (secondary N) is 1. The molecule has 0 radical (unpaired) electrons. The highest BCUT2D eigenvalue weighted by atomic mass is 16.5. The predicted molar refractivity (Wildman–Crippen MR) is 74.9 cm³/mol. The van der Waals surface area contributed by atoms with E-state index in [-0.39, 0.29) is 19.2 Å². The van der Waals surface area contributed by atoms with E-state index in [1.165, 1.54) is 0 Å². The van der Waals surface area contributed by atoms with Gasteiger partial charge in [-0.3, -0.25) is 9.69 Å². The van der Waals surface area contributed by atoms with E-state index >= 15 is 0 Å². The van der Waals surface area contributed by atoms with Gasteiger partial charge in [0.15, 0.2) is 0 Å². The summed E-state index contributed by atoms with van der Waals surface area (Å²) in [7, 11) is 0. The van der Waals surface area contributed by atoms with Gasteiger partial charge in [-0.05, 0) is 20.3 Å². The molecule has 0 aliphatic carbocycles. The summed E-state index contributed by atoms with van der Waals surface area (Å²) in [6, 6.07) is -1.02. The minimum atomic E-state index is -0.871. The van der Waals surface area contributed by atoms with Gasteiger partial charge in [-0.25, -0.2) is 9.59 Å². The average Bonchev–Trinajstić information content (AvgIpc) is 2.63. The quantitative estimate of drug-likeness (QED) is 0.679. The lowest BCUT2D eigenvalue weighted by molar-refractivity contribution is -0.145. The van der Waals surface area contributed by atoms with Crippen LogP contribution in [0.5, 0.6) is 0 Å². The van der Waals surface area contributed by atoms with E-state index in [1.807, 2.05) is 0 Å². The number of aliphatic carboxylic acids is 1. The highest BCUT2D eigenvalue weighted by Gasteiger charge is 2.23. The van der Waals surface area contributed by atoms with Crippen LogP contribution in [0, 0.1) is 0 Å². The molecule has 1 aliphatic rings. The Kier molecular flexibility index (Phi) is 6.93. The van der Waals surface area contributed by atoms with E-state index in [1.54, 1.807) is 23.6 Å². The minimum Gasteiger partial charge on any atom is -0.480 e. The second kappa shape index (κ2) is 8.46. The average molecular weight is 301 g/mol. The zero-order chi connectivity index (χ0) is 15.8. The third kappa shape index (κ3) is 5.99. The van der Waals surface area contributed by atoms with Crippen molar-refractivity contribution in [1.82, 2.24) is 15.1 Å². The normalized spacial score (nSPS) is 17.7. The Hall–Kier alpha value is -1.83. The van der Waals surface area contributed by atoms with Crippen LogP contribution in [-0.4, -0.2) is 78.2 Å². The molecule has 1 rings (SSSR count). The summed E-state index contributed by atoms with van der Waals surface area (Å²) in [5.74, 6) is -1.34. The number of hydrogen-bond donors (Lipinski definition) is 2. The van der Waals surface area contributed by atoms with Crippen molar-refractivity contribution >= 4 is 18.0 Å². The molecule has 0 aromatic carbocycles. The summed E-state index contributed by atoms with van der Waals surface area (Å²) < 4.78 is 4.83. The second-order valence-electron chi connectivity index (χ2n) is 4.93. The molecule has 2 amide bonds. The molecular weight excluding hydrogens is 278 g/mol. The van der Waals surface area contributed by atoms with Gasteiger partial charge in [0, 0.05) is 26.2 Å². The summed E-state index contributed by atoms with van der Waals surface area (Å²) in [6.45, 7) is 5.66. The van der Waals surface area contributed by atoms with Crippen LogP contribution in [-0.2, 0) is 14.3 Å². The Morgan fingerprint density at radius 1 is 1.24 bits per heavy atom. The zero-order valence-corrected chi connectivity index (χ0v) is 12.5. The number of urea groups is 1. The molecule has 1 heterocycles. The lowest BCUT2D eigenvalue weighted by Crippen LogP contribution is -2.48. The van der Waals surface area contributed by atoms with Crippen molar-refractivity contribution < 1.29 is 24.2 Å². The lowest BCUT2D eigenvalue weighted by atomic mass is 10.3. The van der Waals surface area contributed by atoms with E-state index in [0.29, 0.717) is 32.6 Å². The third-order valence-corrected chi connectivity index (χ3v) is 3.21. The summed E-state index contributed by atoms with van der Waals surface area (Å²) in [5.41, 5.74) is 0. The first kappa shape index (κ1) is 17.2. The standard InChI is InChI=1S/C13H23N3O5/c1-3-21-12(19)10(2)14-13(20)16-6-4-5-15(7-8-16)9-11(17)18/h10H,3-9H2,1-2H3,(H,14,20)(H,17,18). The van der Waals surface area contributed by atoms with E-state index in [2.05, 4.69) is 5.32 Å². The first-order chi connectivity index (χ1) is 9.93. The minimum absolute atomic E-state index is 0.0192. The number of rotatable bonds is 5. The number of hydrogen-bond acceptors (Lipinski definition) is 5. The van der Waals surface area contributed by atoms with Crippen molar-refractivity contribution in [3.63, 3.8) is 0 Å². The molecule has 0 spiro atoms. The maximum atomic E-state index is 12.1. The first-order valence-corrected chi connectivity index (χ1v) is 7.10. The van der Waals surface area contributed by atoms with Gasteiger partial charge in [0.1, 0.15) is 6.04 Å². The molecule has 0 aromatic rings. The van der Waals surface area contributed by atoms with Gasteiger partial charge in [-0.1, -0.05) is 0 Å². The number of carbonyl (C=O) groups excluding carboxylic acids is 2. The Bertz CT molecular complexity index is 388. The van der Waals surface area contributed by atoms with Gasteiger partial charge >= 0.3 is 18.0 Å². The summed E-state index contributed by atoms with van der Waals surface area (Å²) in [5, 5.41) is 11.4. The highest BCUT2D eigenvalue weighted by Crippen LogP contribution is 2.04. The van der Waals surface area contributed by atoms with Crippen LogP contribution in [0.1, 0.15) is 20.3 Å². The van der Waals surface area contributed by atoms with Crippen molar-refractivity contribution in [2.24, 2.45) is 0 Å². The first-order valence-electron chi connectivity index (χ1n) is 7.10. The molecule has 1 atom stereocenters. The Morgan fingerprint density at radius 2 is 1.95 bits per heavy atom. The molecule has 0 bridgehead atoms. The molecule has 0 aromatic heterocycles. The van der Waals surface area contributed by atoms with Crippen LogP contribution < -0.4 is 5.32 Å². The zero-order valence-electron chi connectivity index (χ0n) is 12.5. The molecule has 2 N–H and O–H groups in total. The fraction of sp³-hybridized carbons (Fsp3) is 0.769. The molecule has 1 unspecified atom stereocenters. The Balaban J connectivity index is 2.44. The van der Waals surface area contributed by atoms with Crippen LogP contribution in [0.2, 0.25) is 0 Å². The van der Waals surface area contributed by atoms with Crippen molar-refractivity contribution in [3.8, 4) is 0 Å². The van der Waals surface area contributed by atoms with Gasteiger partial charge in [0.2, 0.25) is 0 Å². The van der Waals surface area contributed by atoms with E-state index in [9.17, 15) is 14.4 Å². The maximum absolute atomic E-state index is 12.1. The smallest absolute Gasteiger partial charge is 0.328 e. The molecule has 1 saturated heterocycles. The van der Waals surface area contributed by atoms with Crippen molar-refractivity contribution in [1.29, 1.82) is 0 Å². The molecule has 1 aliphatic heterocycles. The fourth-order valence-electron chi connectivity index (χ4n) is 2.13. The van der Waals surface area contributed by atoms with Gasteiger partial charge in [0.05, 0.1) is 13.2 Å². The molecule has 8 heteroatoms. The number of carboxylic acids is 1. The van der Waals surface area contributed by atoms with E-state index < -0.39 is 18.0 Å². The summed E-state index contributed by atoms with van der Waals surface area (Å²) >= 11 is 0. The van der Waals surface area contributed by atoms with Crippen molar-refractivity contribution in [3.05, 3.63) is 0 Å². The van der Waals surface area contributed by atoms with Gasteiger partial charge in [-0.15, -0.1) is 0 Å². The second-order valence-corrected chi connectivity index (χ2v) is 4.93. The number of carboxylic acid groups (broad SMARTS) is 1. The van der Waals surface area contributed by atoms with Crippen LogP contribution >= 0.6 is 0 Å². The third-order valence-electron chi connectivity index (χ3n) is 3.21. The van der Waals surface area contributed by atoms with Crippen LogP contribution in [0.4, 0.5) is 4.79 Å². The van der Waals surface area contributed by atoms with Crippen LogP contribution in [0.25, 0.3) is 0 Å². The lowest BCUT2D eigenvalue weighted by Gasteiger charge is -2.23. The summed E-state index contributed by atoms with van der Waals surface area (Å²) in [4.78, 5) is 37.6. The predicted octanol–water partition coefficient (Wildman–Crippen LogP) is -0.260. The highest BCUT2D eigenvalue weighted by molar-refractivity contribution is 5.83. The van der Waals surface area contributed by atoms with Crippen molar-refractivity contribution in [2.75, 3.05) is 39.3 Å². The van der Waals surface area contributed by atoms with E-state index in [0.717, 1.165) is 0 Å². The monoisotopic (exact) mass is 301 g/mol. The van der Waals surface area contributed by atoms with Gasteiger partial charge in [-0.2, -0.15) is 0 Å². The molecule has 8 nitrogen and oxygen atoms in total. The Labute approximate surface area is 124 Å². The molecule has 1 fully saturated rings. The van der Waals surface area contributed by atoms with Crippen LogP contribution in [0.3, 0.4) is 0 Å². The van der Waals surface area contributed by atoms with Gasteiger partial charge < -0.3 is 20.1 Å². The van der Waals surface area contributed by atoms with Crippen molar-refractivity contribution in [2.45, 2.75) is 26.3 Å². The SMILES string of the molecule is CCOC(=O)C(C)NC(=O)N1CCCN(CC(=O)O)CC1. The Morgan fingerprint density at radius 3 is 2.57 bits per heavy atom. The van der Waals surface area contributed by atoms with Crippen LogP contribution in [0.15, 0.2) is 0 Å². The number of esters is 1. The molecule has 21 heavy (non-hydrogen) atoms. The number of nitrogens with zero attached hydrogens (tertiary/aromatic N) is 2. The number of carbonyl (C=O) groups is 3.